The first-order valence-electron chi connectivity index (χ1n) is 6.55. The van der Waals surface area contributed by atoms with Crippen LogP contribution < -0.4 is 0 Å². The van der Waals surface area contributed by atoms with Crippen LogP contribution in [0.25, 0.3) is 17.3 Å². The Morgan fingerprint density at radius 3 is 2.45 bits per heavy atom. The van der Waals surface area contributed by atoms with Gasteiger partial charge in [0.05, 0.1) is 23.8 Å². The zero-order chi connectivity index (χ0) is 14.4. The Kier molecular flexibility index (Phi) is 4.61. The average molecular weight is 262 g/mol. The molecule has 0 unspecified atom stereocenters. The van der Waals surface area contributed by atoms with Crippen molar-refractivity contribution in [1.29, 1.82) is 0 Å². The third kappa shape index (κ3) is 3.75. The van der Waals surface area contributed by atoms with Gasteiger partial charge in [0.15, 0.2) is 0 Å². The molecule has 2 nitrogen and oxygen atoms in total. The minimum atomic E-state index is 0.842. The Bertz CT molecular complexity index is 632. The van der Waals surface area contributed by atoms with Gasteiger partial charge in [-0.2, -0.15) is 0 Å². The molecule has 0 aliphatic rings. The molecule has 2 heteroatoms. The van der Waals surface area contributed by atoms with Gasteiger partial charge >= 0.3 is 0 Å². The smallest absolute Gasteiger partial charge is 0.0885 e. The Morgan fingerprint density at radius 2 is 1.85 bits per heavy atom. The molecule has 0 bridgehead atoms. The topological polar surface area (TPSA) is 25.8 Å². The molecule has 1 aromatic heterocycles. The summed E-state index contributed by atoms with van der Waals surface area (Å²) in [7, 11) is 0. The molecule has 0 saturated carbocycles. The molecular weight excluding hydrogens is 244 g/mol. The summed E-state index contributed by atoms with van der Waals surface area (Å²) in [5.74, 6) is 0. The Balaban J connectivity index is 2.14. The van der Waals surface area contributed by atoms with Crippen LogP contribution in [0.15, 0.2) is 67.0 Å². The van der Waals surface area contributed by atoms with Crippen molar-refractivity contribution in [2.75, 3.05) is 0 Å². The minimum Gasteiger partial charge on any atom is -0.253 e. The van der Waals surface area contributed by atoms with Crippen LogP contribution in [-0.2, 0) is 0 Å². The minimum absolute atomic E-state index is 0.842. The summed E-state index contributed by atoms with van der Waals surface area (Å²) in [5.41, 5.74) is 5.17. The first kappa shape index (κ1) is 13.9. The highest BCUT2D eigenvalue weighted by atomic mass is 14.8. The highest BCUT2D eigenvalue weighted by Crippen LogP contribution is 2.16. The largest absolute Gasteiger partial charge is 0.253 e. The number of hydrogen-bond acceptors (Lipinski definition) is 2. The molecule has 100 valence electrons. The van der Waals surface area contributed by atoms with Crippen molar-refractivity contribution in [2.24, 2.45) is 0 Å². The lowest BCUT2D eigenvalue weighted by Gasteiger charge is -2.01. The maximum absolute atomic E-state index is 4.44. The Labute approximate surface area is 120 Å². The summed E-state index contributed by atoms with van der Waals surface area (Å²) >= 11 is 0. The van der Waals surface area contributed by atoms with Gasteiger partial charge in [0.2, 0.25) is 0 Å². The van der Waals surface area contributed by atoms with Crippen molar-refractivity contribution in [3.05, 3.63) is 78.3 Å². The fourth-order valence-electron chi connectivity index (χ4n) is 1.66. The van der Waals surface area contributed by atoms with Crippen LogP contribution >= 0.6 is 0 Å². The van der Waals surface area contributed by atoms with Gasteiger partial charge in [-0.25, -0.2) is 0 Å². The summed E-state index contributed by atoms with van der Waals surface area (Å²) in [4.78, 5) is 8.84. The third-order valence-corrected chi connectivity index (χ3v) is 2.97. The van der Waals surface area contributed by atoms with Crippen molar-refractivity contribution in [2.45, 2.75) is 13.8 Å². The molecule has 0 aliphatic heterocycles. The van der Waals surface area contributed by atoms with Crippen LogP contribution in [0.1, 0.15) is 18.2 Å². The number of hydrogen-bond donors (Lipinski definition) is 0. The molecule has 0 radical (unpaired) electrons. The van der Waals surface area contributed by atoms with E-state index < -0.39 is 0 Å². The Morgan fingerprint density at radius 1 is 1.10 bits per heavy atom. The SMILES string of the molecule is C=C/C(C)=C\C=C\c1cnc(-c2ccc(C)cc2)cn1. The molecule has 20 heavy (non-hydrogen) atoms. The first-order chi connectivity index (χ1) is 9.69. The lowest BCUT2D eigenvalue weighted by molar-refractivity contribution is 1.18. The summed E-state index contributed by atoms with van der Waals surface area (Å²) < 4.78 is 0. The summed E-state index contributed by atoms with van der Waals surface area (Å²) in [6, 6.07) is 8.28. The van der Waals surface area contributed by atoms with Gasteiger partial charge < -0.3 is 0 Å². The standard InChI is InChI=1S/C18H18N2/c1-4-14(2)6-5-7-17-12-20-18(13-19-17)16-10-8-15(3)9-11-16/h4-13H,1H2,2-3H3/b7-5+,14-6-. The van der Waals surface area contributed by atoms with Gasteiger partial charge in [0.1, 0.15) is 0 Å². The maximum atomic E-state index is 4.44. The molecule has 1 aromatic carbocycles. The van der Waals surface area contributed by atoms with Gasteiger partial charge in [-0.3, -0.25) is 9.97 Å². The van der Waals surface area contributed by atoms with Crippen molar-refractivity contribution < 1.29 is 0 Å². The molecule has 0 N–H and O–H groups in total. The fourth-order valence-corrected chi connectivity index (χ4v) is 1.66. The van der Waals surface area contributed by atoms with E-state index in [2.05, 4.69) is 47.7 Å². The van der Waals surface area contributed by atoms with E-state index >= 15 is 0 Å². The van der Waals surface area contributed by atoms with E-state index in [4.69, 9.17) is 0 Å². The summed E-state index contributed by atoms with van der Waals surface area (Å²) in [6.45, 7) is 7.78. The van der Waals surface area contributed by atoms with Crippen LogP contribution in [-0.4, -0.2) is 9.97 Å². The molecule has 0 aliphatic carbocycles. The maximum Gasteiger partial charge on any atom is 0.0885 e. The normalized spacial score (nSPS) is 11.8. The van der Waals surface area contributed by atoms with Crippen LogP contribution in [0.4, 0.5) is 0 Å². The van der Waals surface area contributed by atoms with Gasteiger partial charge in [-0.15, -0.1) is 0 Å². The van der Waals surface area contributed by atoms with Gasteiger partial charge in [0, 0.05) is 5.56 Å². The summed E-state index contributed by atoms with van der Waals surface area (Å²) in [6.07, 6.45) is 11.3. The van der Waals surface area contributed by atoms with Crippen LogP contribution in [0.3, 0.4) is 0 Å². The lowest BCUT2D eigenvalue weighted by Crippen LogP contribution is -1.88. The number of benzene rings is 1. The van der Waals surface area contributed by atoms with Crippen molar-refractivity contribution in [3.8, 4) is 11.3 Å². The average Bonchev–Trinajstić information content (AvgIpc) is 2.48. The van der Waals surface area contributed by atoms with Crippen molar-refractivity contribution in [3.63, 3.8) is 0 Å². The second kappa shape index (κ2) is 6.62. The van der Waals surface area contributed by atoms with Crippen molar-refractivity contribution in [1.82, 2.24) is 9.97 Å². The van der Waals surface area contributed by atoms with Crippen LogP contribution in [0, 0.1) is 6.92 Å². The number of rotatable bonds is 4. The zero-order valence-corrected chi connectivity index (χ0v) is 11.9. The van der Waals surface area contributed by atoms with E-state index in [1.54, 1.807) is 12.4 Å². The van der Waals surface area contributed by atoms with Gasteiger partial charge in [-0.1, -0.05) is 60.2 Å². The molecule has 0 atom stereocenters. The molecule has 0 fully saturated rings. The second-order valence-electron chi connectivity index (χ2n) is 4.67. The van der Waals surface area contributed by atoms with E-state index in [1.807, 2.05) is 31.2 Å². The highest BCUT2D eigenvalue weighted by Gasteiger charge is 1.99. The first-order valence-corrected chi connectivity index (χ1v) is 6.55. The molecule has 0 saturated heterocycles. The Hall–Kier alpha value is -2.48. The molecule has 0 amide bonds. The van der Waals surface area contributed by atoms with Crippen molar-refractivity contribution >= 4 is 6.08 Å². The molecule has 2 aromatic rings. The van der Waals surface area contributed by atoms with Gasteiger partial charge in [0.25, 0.3) is 0 Å². The van der Waals surface area contributed by atoms with Crippen LogP contribution in [0.2, 0.25) is 0 Å². The second-order valence-corrected chi connectivity index (χ2v) is 4.67. The monoisotopic (exact) mass is 262 g/mol. The van der Waals surface area contributed by atoms with E-state index in [9.17, 15) is 0 Å². The van der Waals surface area contributed by atoms with Gasteiger partial charge in [-0.05, 0) is 19.9 Å². The predicted molar refractivity (Wildman–Crippen MR) is 85.2 cm³/mol. The molecule has 0 spiro atoms. The van der Waals surface area contributed by atoms with E-state index in [0.29, 0.717) is 0 Å². The van der Waals surface area contributed by atoms with E-state index in [1.165, 1.54) is 5.56 Å². The fraction of sp³-hybridized carbons (Fsp3) is 0.111. The summed E-state index contributed by atoms with van der Waals surface area (Å²) in [5, 5.41) is 0. The number of aromatic nitrogens is 2. The molecule has 1 heterocycles. The highest BCUT2D eigenvalue weighted by molar-refractivity contribution is 5.59. The molecular formula is C18H18N2. The zero-order valence-electron chi connectivity index (χ0n) is 11.9. The number of nitrogens with zero attached hydrogens (tertiary/aromatic N) is 2. The quantitative estimate of drug-likeness (QED) is 0.753. The predicted octanol–water partition coefficient (Wildman–Crippen LogP) is 4.60. The third-order valence-electron chi connectivity index (χ3n) is 2.97. The number of allylic oxidation sites excluding steroid dienone is 4. The van der Waals surface area contributed by atoms with Crippen LogP contribution in [0.5, 0.6) is 0 Å². The molecule has 2 rings (SSSR count). The van der Waals surface area contributed by atoms with E-state index in [0.717, 1.165) is 22.5 Å². The number of aryl methyl sites for hydroxylation is 1. The lowest BCUT2D eigenvalue weighted by atomic mass is 10.1. The van der Waals surface area contributed by atoms with E-state index in [-0.39, 0.29) is 0 Å².